The highest BCUT2D eigenvalue weighted by molar-refractivity contribution is 6.80. The molecule has 0 unspecified atom stereocenters. The molecule has 0 bridgehead atoms. The Balaban J connectivity index is 2.41. The van der Waals surface area contributed by atoms with Gasteiger partial charge >= 0.3 is 0 Å². The second-order valence-corrected chi connectivity index (χ2v) is 6.42. The van der Waals surface area contributed by atoms with Crippen molar-refractivity contribution in [3.8, 4) is 6.07 Å². The summed E-state index contributed by atoms with van der Waals surface area (Å²) >= 11 is 0. The summed E-state index contributed by atoms with van der Waals surface area (Å²) in [5.74, 6) is 0. The number of aryl methyl sites for hydroxylation is 1. The third-order valence-corrected chi connectivity index (χ3v) is 3.91. The maximum Gasteiger partial charge on any atom is 0.215 e. The highest BCUT2D eigenvalue weighted by Crippen LogP contribution is 2.39. The van der Waals surface area contributed by atoms with Gasteiger partial charge in [0.2, 0.25) is 7.28 Å². The lowest BCUT2D eigenvalue weighted by molar-refractivity contribution is -0.109. The maximum absolute atomic E-state index is 12.5. The molecular formula is C18H20BN2O. The molecule has 1 aromatic carbocycles. The van der Waals surface area contributed by atoms with Gasteiger partial charge in [0.1, 0.15) is 5.68 Å². The first-order valence-corrected chi connectivity index (χ1v) is 7.47. The van der Waals surface area contributed by atoms with E-state index in [-0.39, 0.29) is 11.0 Å². The van der Waals surface area contributed by atoms with Crippen molar-refractivity contribution in [1.29, 1.82) is 5.26 Å². The van der Waals surface area contributed by atoms with Gasteiger partial charge < -0.3 is 4.79 Å². The molecule has 22 heavy (non-hydrogen) atoms. The molecule has 2 rings (SSSR count). The summed E-state index contributed by atoms with van der Waals surface area (Å²) in [6.07, 6.45) is 3.08. The Kier molecular flexibility index (Phi) is 4.66. The fraction of sp³-hybridized carbons (Fsp3) is 0.389. The zero-order chi connectivity index (χ0) is 16.3. The summed E-state index contributed by atoms with van der Waals surface area (Å²) in [7, 11) is 1.80. The summed E-state index contributed by atoms with van der Waals surface area (Å²) in [6.45, 7) is 7.95. The van der Waals surface area contributed by atoms with E-state index in [9.17, 15) is 4.79 Å². The first-order valence-electron chi connectivity index (χ1n) is 7.47. The molecule has 0 amide bonds. The van der Waals surface area contributed by atoms with Crippen molar-refractivity contribution in [2.24, 2.45) is 4.99 Å². The van der Waals surface area contributed by atoms with Crippen LogP contribution in [0, 0.1) is 18.3 Å². The van der Waals surface area contributed by atoms with Crippen LogP contribution >= 0.6 is 0 Å². The first kappa shape index (κ1) is 16.2. The number of benzene rings is 1. The average Bonchev–Trinajstić information content (AvgIpc) is 2.43. The summed E-state index contributed by atoms with van der Waals surface area (Å²) in [4.78, 5) is 16.9. The quantitative estimate of drug-likeness (QED) is 0.631. The maximum atomic E-state index is 12.5. The predicted molar refractivity (Wildman–Crippen MR) is 90.2 cm³/mol. The van der Waals surface area contributed by atoms with Crippen LogP contribution in [0.15, 0.2) is 34.5 Å². The molecule has 1 aromatic rings. The van der Waals surface area contributed by atoms with Gasteiger partial charge in [0.15, 0.2) is 0 Å². The Morgan fingerprint density at radius 1 is 1.45 bits per heavy atom. The van der Waals surface area contributed by atoms with Crippen molar-refractivity contribution in [1.82, 2.24) is 0 Å². The molecular weight excluding hydrogens is 271 g/mol. The van der Waals surface area contributed by atoms with Gasteiger partial charge in [0.25, 0.3) is 0 Å². The van der Waals surface area contributed by atoms with E-state index < -0.39 is 0 Å². The standard InChI is InChI=1S/C18H20BN2O/c1-5-21-16-10-18(3,4)19-17(22)15(16)9-14-7-6-13(11-20)8-12(14)2/h5-8H,9-10H2,1-4H3. The Bertz CT molecular complexity index is 708. The Morgan fingerprint density at radius 2 is 2.18 bits per heavy atom. The van der Waals surface area contributed by atoms with E-state index in [0.29, 0.717) is 12.0 Å². The minimum atomic E-state index is -0.151. The number of carbonyl (C=O) groups excluding carboxylic acids is 1. The van der Waals surface area contributed by atoms with Crippen molar-refractivity contribution < 1.29 is 4.79 Å². The van der Waals surface area contributed by atoms with Gasteiger partial charge in [0, 0.05) is 23.9 Å². The molecule has 1 radical (unpaired) electrons. The van der Waals surface area contributed by atoms with Crippen LogP contribution in [0.2, 0.25) is 5.31 Å². The topological polar surface area (TPSA) is 53.2 Å². The largest absolute Gasteiger partial charge is 0.307 e. The van der Waals surface area contributed by atoms with Crippen LogP contribution < -0.4 is 0 Å². The smallest absolute Gasteiger partial charge is 0.215 e. The lowest BCUT2D eigenvalue weighted by Gasteiger charge is -2.30. The highest BCUT2D eigenvalue weighted by atomic mass is 16.1. The molecule has 0 N–H and O–H groups in total. The summed E-state index contributed by atoms with van der Waals surface area (Å²) in [5, 5.41) is 8.80. The monoisotopic (exact) mass is 291 g/mol. The number of allylic oxidation sites excluding steroid dienone is 2. The van der Waals surface area contributed by atoms with E-state index in [1.165, 1.54) is 0 Å². The summed E-state index contributed by atoms with van der Waals surface area (Å²) < 4.78 is 0. The molecule has 0 atom stereocenters. The molecule has 0 aliphatic carbocycles. The van der Waals surface area contributed by atoms with Gasteiger partial charge in [-0.2, -0.15) is 5.26 Å². The molecule has 1 heterocycles. The molecule has 0 fully saturated rings. The molecule has 1 aliphatic heterocycles. The van der Waals surface area contributed by atoms with Gasteiger partial charge in [-0.1, -0.05) is 19.9 Å². The van der Waals surface area contributed by atoms with Crippen LogP contribution in [0.3, 0.4) is 0 Å². The number of nitriles is 1. The van der Waals surface area contributed by atoms with Crippen molar-refractivity contribution in [3.05, 3.63) is 46.2 Å². The van der Waals surface area contributed by atoms with Gasteiger partial charge in [-0.25, -0.2) is 0 Å². The van der Waals surface area contributed by atoms with E-state index in [0.717, 1.165) is 28.8 Å². The van der Waals surface area contributed by atoms with E-state index in [2.05, 4.69) is 24.9 Å². The normalized spacial score (nSPS) is 17.5. The minimum absolute atomic E-state index is 0.0700. The molecule has 0 saturated carbocycles. The predicted octanol–water partition coefficient (Wildman–Crippen LogP) is 3.59. The second kappa shape index (κ2) is 6.31. The first-order chi connectivity index (χ1) is 10.4. The molecule has 4 heteroatoms. The Labute approximate surface area is 133 Å². The molecule has 3 nitrogen and oxygen atoms in total. The lowest BCUT2D eigenvalue weighted by Crippen LogP contribution is -2.30. The van der Waals surface area contributed by atoms with E-state index in [1.807, 2.05) is 26.0 Å². The zero-order valence-corrected chi connectivity index (χ0v) is 13.6. The Hall–Kier alpha value is -2.15. The van der Waals surface area contributed by atoms with Crippen molar-refractivity contribution in [2.45, 2.75) is 45.9 Å². The fourth-order valence-corrected chi connectivity index (χ4v) is 2.80. The number of hydrogen-bond donors (Lipinski definition) is 0. The zero-order valence-electron chi connectivity index (χ0n) is 13.6. The van der Waals surface area contributed by atoms with Gasteiger partial charge in [-0.15, -0.1) is 0 Å². The van der Waals surface area contributed by atoms with Gasteiger partial charge in [-0.05, 0) is 48.8 Å². The lowest BCUT2D eigenvalue weighted by atomic mass is 9.45. The molecule has 0 spiro atoms. The number of aliphatic imine (C=N–C) groups is 1. The number of rotatable bonds is 3. The number of hydrogen-bond acceptors (Lipinski definition) is 3. The van der Waals surface area contributed by atoms with Crippen LogP contribution in [0.25, 0.3) is 0 Å². The molecule has 0 aromatic heterocycles. The van der Waals surface area contributed by atoms with Crippen LogP contribution in [0.5, 0.6) is 0 Å². The van der Waals surface area contributed by atoms with E-state index in [4.69, 9.17) is 5.26 Å². The second-order valence-electron chi connectivity index (χ2n) is 6.42. The molecule has 0 saturated heterocycles. The SMILES string of the molecule is CC=NC1=C(Cc2ccc(C#N)cc2C)C(=O)[B]C(C)(C)C1. The van der Waals surface area contributed by atoms with Crippen molar-refractivity contribution in [3.63, 3.8) is 0 Å². The average molecular weight is 291 g/mol. The van der Waals surface area contributed by atoms with Crippen molar-refractivity contribution >= 4 is 19.2 Å². The van der Waals surface area contributed by atoms with Gasteiger partial charge in [0.05, 0.1) is 11.6 Å². The van der Waals surface area contributed by atoms with Crippen LogP contribution in [0.1, 0.15) is 43.9 Å². The van der Waals surface area contributed by atoms with Crippen LogP contribution in [-0.4, -0.2) is 19.2 Å². The Morgan fingerprint density at radius 3 is 2.77 bits per heavy atom. The van der Waals surface area contributed by atoms with E-state index >= 15 is 0 Å². The third kappa shape index (κ3) is 3.54. The number of carbonyl (C=O) groups is 1. The minimum Gasteiger partial charge on any atom is -0.307 e. The third-order valence-electron chi connectivity index (χ3n) is 3.91. The van der Waals surface area contributed by atoms with E-state index in [1.54, 1.807) is 19.6 Å². The van der Waals surface area contributed by atoms with Crippen molar-refractivity contribution in [2.75, 3.05) is 0 Å². The summed E-state index contributed by atoms with van der Waals surface area (Å²) in [5.41, 5.74) is 4.46. The number of nitrogens with zero attached hydrogens (tertiary/aromatic N) is 2. The molecule has 111 valence electrons. The summed E-state index contributed by atoms with van der Waals surface area (Å²) in [6, 6.07) is 7.73. The van der Waals surface area contributed by atoms with Crippen LogP contribution in [0.4, 0.5) is 0 Å². The highest BCUT2D eigenvalue weighted by Gasteiger charge is 2.34. The fourth-order valence-electron chi connectivity index (χ4n) is 2.80. The van der Waals surface area contributed by atoms with Gasteiger partial charge in [-0.3, -0.25) is 4.99 Å². The van der Waals surface area contributed by atoms with Crippen LogP contribution in [-0.2, 0) is 11.2 Å². The molecule has 1 aliphatic rings.